The highest BCUT2D eigenvalue weighted by atomic mass is 15.1. The van der Waals surface area contributed by atoms with Crippen molar-refractivity contribution in [3.8, 4) is 0 Å². The minimum Gasteiger partial charge on any atom is -0.329 e. The summed E-state index contributed by atoms with van der Waals surface area (Å²) in [6.07, 6.45) is 8.23. The molecule has 0 aromatic rings. The van der Waals surface area contributed by atoms with E-state index >= 15 is 0 Å². The zero-order valence-corrected chi connectivity index (χ0v) is 9.84. The molecule has 0 bridgehead atoms. The highest BCUT2D eigenvalue weighted by Crippen LogP contribution is 2.29. The molecule has 1 unspecified atom stereocenters. The molecule has 2 heteroatoms. The molecule has 0 aromatic heterocycles. The van der Waals surface area contributed by atoms with Crippen LogP contribution in [0.4, 0.5) is 0 Å². The van der Waals surface area contributed by atoms with Crippen LogP contribution < -0.4 is 5.73 Å². The van der Waals surface area contributed by atoms with Crippen molar-refractivity contribution < 1.29 is 0 Å². The second-order valence-electron chi connectivity index (χ2n) is 4.68. The number of unbranched alkanes of at least 4 members (excludes halogenated alkanes) is 1. The van der Waals surface area contributed by atoms with E-state index in [2.05, 4.69) is 18.9 Å². The first kappa shape index (κ1) is 12.0. The Labute approximate surface area is 88.8 Å². The highest BCUT2D eigenvalue weighted by Gasteiger charge is 2.26. The third kappa shape index (κ3) is 3.25. The van der Waals surface area contributed by atoms with E-state index in [9.17, 15) is 0 Å². The first-order valence-corrected chi connectivity index (χ1v) is 6.20. The van der Waals surface area contributed by atoms with Gasteiger partial charge in [-0.3, -0.25) is 0 Å². The largest absolute Gasteiger partial charge is 0.329 e. The number of likely N-dealkylation sites (N-methyl/N-ethyl adjacent to an activating group) is 1. The predicted octanol–water partition coefficient (Wildman–Crippen LogP) is 2.24. The molecule has 1 atom stereocenters. The van der Waals surface area contributed by atoms with Gasteiger partial charge in [0.2, 0.25) is 0 Å². The normalized spacial score (nSPS) is 20.6. The number of nitrogens with zero attached hydrogens (tertiary/aromatic N) is 1. The maximum Gasteiger partial charge on any atom is 0.0243 e. The predicted molar refractivity (Wildman–Crippen MR) is 62.3 cm³/mol. The summed E-state index contributed by atoms with van der Waals surface area (Å²) in [7, 11) is 2.24. The zero-order valence-electron chi connectivity index (χ0n) is 9.84. The number of rotatable bonds is 6. The summed E-state index contributed by atoms with van der Waals surface area (Å²) in [5.74, 6) is 0.877. The third-order valence-electron chi connectivity index (χ3n) is 3.62. The molecule has 14 heavy (non-hydrogen) atoms. The first-order valence-electron chi connectivity index (χ1n) is 6.20. The molecule has 0 radical (unpaired) electrons. The van der Waals surface area contributed by atoms with Gasteiger partial charge in [0.25, 0.3) is 0 Å². The van der Waals surface area contributed by atoms with Crippen molar-refractivity contribution >= 4 is 0 Å². The van der Waals surface area contributed by atoms with E-state index in [1.165, 1.54) is 45.1 Å². The molecule has 2 N–H and O–H groups in total. The summed E-state index contributed by atoms with van der Waals surface area (Å²) < 4.78 is 0. The molecular formula is C12H26N2. The Bertz CT molecular complexity index is 141. The van der Waals surface area contributed by atoms with Crippen molar-refractivity contribution in [1.29, 1.82) is 0 Å². The Morgan fingerprint density at radius 1 is 1.36 bits per heavy atom. The van der Waals surface area contributed by atoms with Crippen molar-refractivity contribution in [2.24, 2.45) is 11.7 Å². The van der Waals surface area contributed by atoms with E-state index in [4.69, 9.17) is 5.73 Å². The molecule has 0 saturated heterocycles. The molecule has 0 amide bonds. The van der Waals surface area contributed by atoms with Gasteiger partial charge in [0.1, 0.15) is 0 Å². The Balaban J connectivity index is 2.34. The van der Waals surface area contributed by atoms with Gasteiger partial charge in [-0.05, 0) is 38.8 Å². The van der Waals surface area contributed by atoms with Crippen LogP contribution in [0.15, 0.2) is 0 Å². The van der Waals surface area contributed by atoms with E-state index in [0.29, 0.717) is 6.04 Å². The van der Waals surface area contributed by atoms with Crippen LogP contribution in [0.1, 0.15) is 45.4 Å². The molecule has 1 aliphatic carbocycles. The fourth-order valence-corrected chi connectivity index (χ4v) is 2.65. The Hall–Kier alpha value is -0.0800. The molecule has 1 fully saturated rings. The van der Waals surface area contributed by atoms with Crippen molar-refractivity contribution in [3.63, 3.8) is 0 Å². The van der Waals surface area contributed by atoms with Gasteiger partial charge in [-0.25, -0.2) is 0 Å². The molecule has 1 aliphatic rings. The van der Waals surface area contributed by atoms with Crippen molar-refractivity contribution in [2.75, 3.05) is 20.1 Å². The van der Waals surface area contributed by atoms with Crippen LogP contribution in [-0.2, 0) is 0 Å². The lowest BCUT2D eigenvalue weighted by atomic mass is 9.97. The Morgan fingerprint density at radius 2 is 2.00 bits per heavy atom. The molecule has 0 aliphatic heterocycles. The van der Waals surface area contributed by atoms with Crippen LogP contribution >= 0.6 is 0 Å². The maximum atomic E-state index is 5.88. The Morgan fingerprint density at radius 3 is 2.50 bits per heavy atom. The molecule has 0 spiro atoms. The zero-order chi connectivity index (χ0) is 10.4. The van der Waals surface area contributed by atoms with Crippen LogP contribution in [-0.4, -0.2) is 31.1 Å². The van der Waals surface area contributed by atoms with Gasteiger partial charge in [-0.2, -0.15) is 0 Å². The lowest BCUT2D eigenvalue weighted by Gasteiger charge is -2.31. The quantitative estimate of drug-likeness (QED) is 0.709. The van der Waals surface area contributed by atoms with Crippen molar-refractivity contribution in [1.82, 2.24) is 4.90 Å². The summed E-state index contributed by atoms with van der Waals surface area (Å²) >= 11 is 0. The van der Waals surface area contributed by atoms with Crippen molar-refractivity contribution in [3.05, 3.63) is 0 Å². The van der Waals surface area contributed by atoms with Gasteiger partial charge in [0.15, 0.2) is 0 Å². The van der Waals surface area contributed by atoms with E-state index < -0.39 is 0 Å². The molecular weight excluding hydrogens is 172 g/mol. The van der Waals surface area contributed by atoms with E-state index in [0.717, 1.165) is 12.5 Å². The number of hydrogen-bond donors (Lipinski definition) is 1. The smallest absolute Gasteiger partial charge is 0.0243 e. The molecule has 1 saturated carbocycles. The third-order valence-corrected chi connectivity index (χ3v) is 3.62. The van der Waals surface area contributed by atoms with E-state index in [-0.39, 0.29) is 0 Å². The van der Waals surface area contributed by atoms with E-state index in [1.807, 2.05) is 0 Å². The number of nitrogens with two attached hydrogens (primary N) is 1. The SMILES string of the molecule is CCCCN(C)C(CN)C1CCCC1. The van der Waals surface area contributed by atoms with Crippen LogP contribution in [0.5, 0.6) is 0 Å². The summed E-state index contributed by atoms with van der Waals surface area (Å²) in [6.45, 7) is 4.31. The molecule has 2 nitrogen and oxygen atoms in total. The van der Waals surface area contributed by atoms with Gasteiger partial charge in [0, 0.05) is 12.6 Å². The summed E-state index contributed by atoms with van der Waals surface area (Å²) in [4.78, 5) is 2.49. The standard InChI is InChI=1S/C12H26N2/c1-3-4-9-14(2)12(10-13)11-7-5-6-8-11/h11-12H,3-10,13H2,1-2H3. The van der Waals surface area contributed by atoms with Crippen LogP contribution in [0, 0.1) is 5.92 Å². The fraction of sp³-hybridized carbons (Fsp3) is 1.00. The van der Waals surface area contributed by atoms with Crippen LogP contribution in [0.2, 0.25) is 0 Å². The Kier molecular flexibility index (Phi) is 5.49. The maximum absolute atomic E-state index is 5.88. The second kappa shape index (κ2) is 6.41. The molecule has 1 rings (SSSR count). The van der Waals surface area contributed by atoms with Gasteiger partial charge in [0.05, 0.1) is 0 Å². The monoisotopic (exact) mass is 198 g/mol. The van der Waals surface area contributed by atoms with E-state index in [1.54, 1.807) is 0 Å². The summed E-state index contributed by atoms with van der Waals surface area (Å²) in [5.41, 5.74) is 5.88. The lowest BCUT2D eigenvalue weighted by molar-refractivity contribution is 0.179. The minimum absolute atomic E-state index is 0.643. The topological polar surface area (TPSA) is 29.3 Å². The average molecular weight is 198 g/mol. The lowest BCUT2D eigenvalue weighted by Crippen LogP contribution is -2.43. The first-order chi connectivity index (χ1) is 6.79. The van der Waals surface area contributed by atoms with Gasteiger partial charge in [-0.1, -0.05) is 26.2 Å². The molecule has 0 aromatic carbocycles. The molecule has 84 valence electrons. The van der Waals surface area contributed by atoms with Crippen LogP contribution in [0.3, 0.4) is 0 Å². The molecule has 0 heterocycles. The van der Waals surface area contributed by atoms with Crippen molar-refractivity contribution in [2.45, 2.75) is 51.5 Å². The summed E-state index contributed by atoms with van der Waals surface area (Å²) in [5, 5.41) is 0. The van der Waals surface area contributed by atoms with Gasteiger partial charge in [-0.15, -0.1) is 0 Å². The van der Waals surface area contributed by atoms with Gasteiger partial charge < -0.3 is 10.6 Å². The minimum atomic E-state index is 0.643. The fourth-order valence-electron chi connectivity index (χ4n) is 2.65. The highest BCUT2D eigenvalue weighted by molar-refractivity contribution is 4.82. The second-order valence-corrected chi connectivity index (χ2v) is 4.68. The summed E-state index contributed by atoms with van der Waals surface area (Å²) in [6, 6.07) is 0.643. The number of hydrogen-bond acceptors (Lipinski definition) is 2. The average Bonchev–Trinajstić information content (AvgIpc) is 2.69. The van der Waals surface area contributed by atoms with Gasteiger partial charge >= 0.3 is 0 Å². The van der Waals surface area contributed by atoms with Crippen LogP contribution in [0.25, 0.3) is 0 Å².